The van der Waals surface area contributed by atoms with E-state index in [2.05, 4.69) is 10.2 Å². The van der Waals surface area contributed by atoms with Gasteiger partial charge in [-0.15, -0.1) is 0 Å². The standard InChI is InChI=1S/C15H21F2N3O/c16-15(17)6-3-11(4-7-15)14(21)20-9-1-2-12(10-20)13-5-8-18-19-13/h5,8,11-12H,1-4,6-7,9-10H2,(H,18,19). The number of hydrogen-bond acceptors (Lipinski definition) is 2. The van der Waals surface area contributed by atoms with Gasteiger partial charge in [-0.2, -0.15) is 5.10 Å². The number of rotatable bonds is 2. The summed E-state index contributed by atoms with van der Waals surface area (Å²) in [5, 5.41) is 6.93. The third-order valence-corrected chi connectivity index (χ3v) is 4.76. The van der Waals surface area contributed by atoms with Crippen molar-refractivity contribution in [3.8, 4) is 0 Å². The summed E-state index contributed by atoms with van der Waals surface area (Å²) < 4.78 is 26.4. The predicted molar refractivity (Wildman–Crippen MR) is 74.0 cm³/mol. The number of alkyl halides is 2. The van der Waals surface area contributed by atoms with Crippen LogP contribution in [0.1, 0.15) is 50.1 Å². The average molecular weight is 297 g/mol. The highest BCUT2D eigenvalue weighted by Gasteiger charge is 2.39. The van der Waals surface area contributed by atoms with Crippen LogP contribution < -0.4 is 0 Å². The number of aromatic amines is 1. The van der Waals surface area contributed by atoms with Crippen LogP contribution in [0, 0.1) is 5.92 Å². The Balaban J connectivity index is 1.60. The molecule has 1 aromatic heterocycles. The lowest BCUT2D eigenvalue weighted by atomic mass is 9.85. The topological polar surface area (TPSA) is 49.0 Å². The van der Waals surface area contributed by atoms with Gasteiger partial charge >= 0.3 is 0 Å². The summed E-state index contributed by atoms with van der Waals surface area (Å²) >= 11 is 0. The van der Waals surface area contributed by atoms with E-state index in [0.717, 1.165) is 25.1 Å². The molecule has 0 spiro atoms. The molecule has 2 fully saturated rings. The number of piperidine rings is 1. The average Bonchev–Trinajstić information content (AvgIpc) is 3.01. The highest BCUT2D eigenvalue weighted by atomic mass is 19.3. The van der Waals surface area contributed by atoms with Gasteiger partial charge < -0.3 is 4.90 Å². The van der Waals surface area contributed by atoms with Crippen molar-refractivity contribution in [1.82, 2.24) is 15.1 Å². The number of amides is 1. The van der Waals surface area contributed by atoms with E-state index >= 15 is 0 Å². The molecular weight excluding hydrogens is 276 g/mol. The Morgan fingerprint density at radius 2 is 2.10 bits per heavy atom. The molecule has 1 saturated carbocycles. The van der Waals surface area contributed by atoms with Crippen molar-refractivity contribution < 1.29 is 13.6 Å². The fourth-order valence-electron chi connectivity index (χ4n) is 3.47. The molecule has 0 radical (unpaired) electrons. The molecule has 0 bridgehead atoms. The normalized spacial score (nSPS) is 26.8. The first-order valence-corrected chi connectivity index (χ1v) is 7.71. The number of halogens is 2. The molecule has 6 heteroatoms. The minimum Gasteiger partial charge on any atom is -0.342 e. The maximum atomic E-state index is 13.2. The van der Waals surface area contributed by atoms with E-state index in [-0.39, 0.29) is 30.6 Å². The van der Waals surface area contributed by atoms with E-state index in [9.17, 15) is 13.6 Å². The monoisotopic (exact) mass is 297 g/mol. The van der Waals surface area contributed by atoms with Gasteiger partial charge in [-0.05, 0) is 31.7 Å². The Labute approximate surface area is 122 Å². The second-order valence-corrected chi connectivity index (χ2v) is 6.27. The number of aromatic nitrogens is 2. The summed E-state index contributed by atoms with van der Waals surface area (Å²) in [7, 11) is 0. The van der Waals surface area contributed by atoms with Crippen molar-refractivity contribution in [2.45, 2.75) is 50.4 Å². The highest BCUT2D eigenvalue weighted by Crippen LogP contribution is 2.37. The summed E-state index contributed by atoms with van der Waals surface area (Å²) in [6.45, 7) is 1.42. The van der Waals surface area contributed by atoms with Gasteiger partial charge in [-0.3, -0.25) is 9.89 Å². The summed E-state index contributed by atoms with van der Waals surface area (Å²) in [6, 6.07) is 1.94. The van der Waals surface area contributed by atoms with E-state index in [1.807, 2.05) is 11.0 Å². The van der Waals surface area contributed by atoms with Crippen molar-refractivity contribution in [3.63, 3.8) is 0 Å². The zero-order chi connectivity index (χ0) is 14.9. The van der Waals surface area contributed by atoms with Crippen molar-refractivity contribution in [1.29, 1.82) is 0 Å². The maximum absolute atomic E-state index is 13.2. The highest BCUT2D eigenvalue weighted by molar-refractivity contribution is 5.79. The first-order valence-electron chi connectivity index (χ1n) is 7.71. The summed E-state index contributed by atoms with van der Waals surface area (Å²) in [5.41, 5.74) is 1.06. The van der Waals surface area contributed by atoms with Gasteiger partial charge in [0, 0.05) is 49.7 Å². The van der Waals surface area contributed by atoms with Gasteiger partial charge in [0.05, 0.1) is 0 Å². The van der Waals surface area contributed by atoms with E-state index in [4.69, 9.17) is 0 Å². The fourth-order valence-corrected chi connectivity index (χ4v) is 3.47. The van der Waals surface area contributed by atoms with Crippen LogP contribution in [0.25, 0.3) is 0 Å². The molecule has 1 unspecified atom stereocenters. The van der Waals surface area contributed by atoms with Crippen LogP contribution in [-0.4, -0.2) is 40.0 Å². The second-order valence-electron chi connectivity index (χ2n) is 6.27. The lowest BCUT2D eigenvalue weighted by Gasteiger charge is -2.36. The summed E-state index contributed by atoms with van der Waals surface area (Å²) in [4.78, 5) is 14.4. The number of H-pyrrole nitrogens is 1. The zero-order valence-corrected chi connectivity index (χ0v) is 12.0. The Hall–Kier alpha value is -1.46. The molecule has 1 aliphatic heterocycles. The number of hydrogen-bond donors (Lipinski definition) is 1. The summed E-state index contributed by atoms with van der Waals surface area (Å²) in [6.07, 6.45) is 4.04. The molecule has 0 aromatic carbocycles. The van der Waals surface area contributed by atoms with Gasteiger partial charge in [0.25, 0.3) is 0 Å². The Bertz CT molecular complexity index is 479. The number of carbonyl (C=O) groups is 1. The van der Waals surface area contributed by atoms with Crippen molar-refractivity contribution in [2.24, 2.45) is 5.92 Å². The lowest BCUT2D eigenvalue weighted by molar-refractivity contribution is -0.140. The van der Waals surface area contributed by atoms with Crippen LogP contribution in [-0.2, 0) is 4.79 Å². The third kappa shape index (κ3) is 3.24. The molecule has 1 atom stereocenters. The van der Waals surface area contributed by atoms with Gasteiger partial charge in [-0.25, -0.2) is 8.78 Å². The second kappa shape index (κ2) is 5.73. The minimum absolute atomic E-state index is 0.0646. The quantitative estimate of drug-likeness (QED) is 0.912. The first-order chi connectivity index (χ1) is 10.1. The number of carbonyl (C=O) groups excluding carboxylic acids is 1. The third-order valence-electron chi connectivity index (χ3n) is 4.76. The van der Waals surface area contributed by atoms with E-state index in [0.29, 0.717) is 19.4 Å². The first kappa shape index (κ1) is 14.5. The van der Waals surface area contributed by atoms with Gasteiger partial charge in [0.15, 0.2) is 0 Å². The van der Waals surface area contributed by atoms with E-state index in [1.54, 1.807) is 6.20 Å². The smallest absolute Gasteiger partial charge is 0.248 e. The molecular formula is C15H21F2N3O. The van der Waals surface area contributed by atoms with Gasteiger partial charge in [0.1, 0.15) is 0 Å². The maximum Gasteiger partial charge on any atom is 0.248 e. The van der Waals surface area contributed by atoms with Crippen molar-refractivity contribution in [3.05, 3.63) is 18.0 Å². The molecule has 1 N–H and O–H groups in total. The molecule has 1 aliphatic carbocycles. The van der Waals surface area contributed by atoms with Crippen LogP contribution >= 0.6 is 0 Å². The molecule has 1 aromatic rings. The van der Waals surface area contributed by atoms with Crippen LogP contribution in [0.4, 0.5) is 8.78 Å². The van der Waals surface area contributed by atoms with Gasteiger partial charge in [0.2, 0.25) is 11.8 Å². The molecule has 116 valence electrons. The number of likely N-dealkylation sites (tertiary alicyclic amines) is 1. The number of nitrogens with zero attached hydrogens (tertiary/aromatic N) is 2. The van der Waals surface area contributed by atoms with Crippen molar-refractivity contribution in [2.75, 3.05) is 13.1 Å². The van der Waals surface area contributed by atoms with Crippen molar-refractivity contribution >= 4 is 5.91 Å². The SMILES string of the molecule is O=C(C1CCC(F)(F)CC1)N1CCCC(c2ccn[nH]2)C1. The minimum atomic E-state index is -2.57. The van der Waals surface area contributed by atoms with Crippen LogP contribution in [0.5, 0.6) is 0 Å². The lowest BCUT2D eigenvalue weighted by Crippen LogP contribution is -2.44. The molecule has 2 aliphatic rings. The van der Waals surface area contributed by atoms with Crippen LogP contribution in [0.15, 0.2) is 12.3 Å². The largest absolute Gasteiger partial charge is 0.342 e. The van der Waals surface area contributed by atoms with E-state index in [1.165, 1.54) is 0 Å². The Kier molecular flexibility index (Phi) is 3.95. The fraction of sp³-hybridized carbons (Fsp3) is 0.733. The Morgan fingerprint density at radius 3 is 2.76 bits per heavy atom. The summed E-state index contributed by atoms with van der Waals surface area (Å²) in [5.74, 6) is -2.44. The molecule has 21 heavy (non-hydrogen) atoms. The predicted octanol–water partition coefficient (Wildman–Crippen LogP) is 2.94. The Morgan fingerprint density at radius 1 is 1.33 bits per heavy atom. The molecule has 1 saturated heterocycles. The molecule has 1 amide bonds. The van der Waals surface area contributed by atoms with Crippen LogP contribution in [0.2, 0.25) is 0 Å². The zero-order valence-electron chi connectivity index (χ0n) is 12.0. The van der Waals surface area contributed by atoms with E-state index < -0.39 is 5.92 Å². The number of nitrogens with one attached hydrogen (secondary N) is 1. The molecule has 4 nitrogen and oxygen atoms in total. The van der Waals surface area contributed by atoms with Gasteiger partial charge in [-0.1, -0.05) is 0 Å². The van der Waals surface area contributed by atoms with Crippen LogP contribution in [0.3, 0.4) is 0 Å². The molecule has 3 rings (SSSR count). The molecule has 2 heterocycles.